The smallest absolute Gasteiger partial charge is 0.462 e. The van der Waals surface area contributed by atoms with Crippen molar-refractivity contribution in [2.24, 2.45) is 0 Å². The molecule has 0 heterocycles. The van der Waals surface area contributed by atoms with Crippen LogP contribution >= 0.6 is 7.82 Å². The Morgan fingerprint density at radius 1 is 0.368 bits per heavy atom. The highest BCUT2D eigenvalue weighted by molar-refractivity contribution is 7.47. The van der Waals surface area contributed by atoms with Crippen LogP contribution in [0, 0.1) is 0 Å². The minimum Gasteiger partial charge on any atom is -0.462 e. The van der Waals surface area contributed by atoms with Crippen LogP contribution in [-0.4, -0.2) is 66.5 Å². The Labute approximate surface area is 461 Å². The normalized spacial score (nSPS) is 14.3. The largest absolute Gasteiger partial charge is 0.472 e. The highest BCUT2D eigenvalue weighted by atomic mass is 31.2. The van der Waals surface area contributed by atoms with Crippen molar-refractivity contribution in [2.45, 2.75) is 226 Å². The number of aliphatic hydroxyl groups excluding tert-OH is 1. The van der Waals surface area contributed by atoms with Gasteiger partial charge in [-0.2, -0.15) is 0 Å². The third kappa shape index (κ3) is 54.4. The maximum Gasteiger partial charge on any atom is 0.472 e. The van der Waals surface area contributed by atoms with Crippen molar-refractivity contribution in [3.8, 4) is 0 Å². The van der Waals surface area contributed by atoms with Gasteiger partial charge in [0.25, 0.3) is 0 Å². The molecule has 0 bridgehead atoms. The first-order valence-electron chi connectivity index (χ1n) is 29.1. The molecule has 0 aliphatic heterocycles. The number of hydrogen-bond acceptors (Lipinski definition) is 10. The van der Waals surface area contributed by atoms with Crippen LogP contribution in [0.15, 0.2) is 134 Å². The number of carbonyl (C=O) groups excluding carboxylic acids is 3. The molecule has 0 aromatic heterocycles. The van der Waals surface area contributed by atoms with Crippen LogP contribution in [0.25, 0.3) is 0 Å². The number of ether oxygens (including phenoxy) is 3. The molecule has 0 spiro atoms. The number of allylic oxidation sites excluding steroid dienone is 22. The van der Waals surface area contributed by atoms with Gasteiger partial charge in [-0.15, -0.1) is 0 Å². The van der Waals surface area contributed by atoms with Crippen molar-refractivity contribution >= 4 is 25.7 Å². The Morgan fingerprint density at radius 2 is 0.658 bits per heavy atom. The molecule has 0 rings (SSSR count). The Bertz CT molecular complexity index is 1780. The lowest BCUT2D eigenvalue weighted by Crippen LogP contribution is -2.30. The SMILES string of the molecule is CC/C=C\C/C=C\C/C=C\C/C=C\C/C=C\CCCC(=O)OC(COC(=O)CCCCCCC/C=C\C/C=C\C/C=C\CC)COP(=O)(O)OCC(CO)OC(=O)CCCCCCCCC/C=C\C/C=C\C/C=C\CC. The standard InChI is InChI=1S/C64H103O11P/c1-4-7-10-13-16-19-22-25-28-30-33-36-39-42-45-48-51-54-63(67)74-60(56-65)58-72-76(69,70)73-59-61(57-71-62(66)53-50-47-44-41-38-35-32-27-24-21-18-15-12-9-6-3)75-64(68)55-52-49-46-43-40-37-34-31-29-26-23-20-17-14-11-8-5-2/h7-12,16-21,25-29,32,34,37,43,46,60-61,65H,4-6,13-15,22-24,30-31,33,35-36,38-42,44-45,47-59H2,1-3H3,(H,69,70)/b10-7-,11-8-,12-9-,19-16-,20-17-,21-18-,28-25-,29-26-,32-27-,37-34-,46-43-. The summed E-state index contributed by atoms with van der Waals surface area (Å²) in [6, 6.07) is 0. The van der Waals surface area contributed by atoms with Gasteiger partial charge in [0.1, 0.15) is 12.7 Å². The van der Waals surface area contributed by atoms with Crippen molar-refractivity contribution < 1.29 is 52.2 Å². The number of aliphatic hydroxyl groups is 1. The predicted molar refractivity (Wildman–Crippen MR) is 316 cm³/mol. The predicted octanol–water partition coefficient (Wildman–Crippen LogP) is 17.4. The van der Waals surface area contributed by atoms with Gasteiger partial charge in [-0.25, -0.2) is 4.57 Å². The van der Waals surface area contributed by atoms with Gasteiger partial charge in [-0.1, -0.05) is 206 Å². The van der Waals surface area contributed by atoms with Crippen molar-refractivity contribution in [1.82, 2.24) is 0 Å². The van der Waals surface area contributed by atoms with Crippen LogP contribution in [-0.2, 0) is 42.2 Å². The Hall–Kier alpha value is -4.38. The number of rotatable bonds is 52. The van der Waals surface area contributed by atoms with Crippen molar-refractivity contribution in [3.63, 3.8) is 0 Å². The fraction of sp³-hybridized carbons (Fsp3) is 0.609. The molecule has 3 atom stereocenters. The van der Waals surface area contributed by atoms with Gasteiger partial charge in [0.05, 0.1) is 19.8 Å². The summed E-state index contributed by atoms with van der Waals surface area (Å²) in [5, 5.41) is 9.83. The molecule has 2 N–H and O–H groups in total. The fourth-order valence-corrected chi connectivity index (χ4v) is 8.03. The first kappa shape index (κ1) is 71.6. The third-order valence-corrected chi connectivity index (χ3v) is 12.5. The number of esters is 3. The monoisotopic (exact) mass is 1080 g/mol. The summed E-state index contributed by atoms with van der Waals surface area (Å²) in [6.07, 6.45) is 71.3. The summed E-state index contributed by atoms with van der Waals surface area (Å²) in [7, 11) is -4.78. The minimum atomic E-state index is -4.78. The minimum absolute atomic E-state index is 0.0774. The van der Waals surface area contributed by atoms with Crippen LogP contribution in [0.5, 0.6) is 0 Å². The molecule has 0 aliphatic carbocycles. The number of hydrogen-bond donors (Lipinski definition) is 2. The summed E-state index contributed by atoms with van der Waals surface area (Å²) < 4.78 is 39.5. The summed E-state index contributed by atoms with van der Waals surface area (Å²) in [5.41, 5.74) is 0. The molecule has 11 nitrogen and oxygen atoms in total. The Kier molecular flexibility index (Phi) is 53.5. The molecule has 0 fully saturated rings. The van der Waals surface area contributed by atoms with E-state index in [-0.39, 0.29) is 25.9 Å². The van der Waals surface area contributed by atoms with E-state index < -0.39 is 57.8 Å². The molecule has 0 amide bonds. The lowest BCUT2D eigenvalue weighted by Gasteiger charge is -2.21. The molecule has 0 aromatic carbocycles. The average molecular weight is 1080 g/mol. The maximum absolute atomic E-state index is 12.9. The Morgan fingerprint density at radius 3 is 1.04 bits per heavy atom. The highest BCUT2D eigenvalue weighted by Gasteiger charge is 2.28. The van der Waals surface area contributed by atoms with Crippen molar-refractivity contribution in [3.05, 3.63) is 134 Å². The second kappa shape index (κ2) is 56.8. The number of carbonyl (C=O) groups is 3. The first-order valence-corrected chi connectivity index (χ1v) is 30.6. The van der Waals surface area contributed by atoms with Gasteiger partial charge in [0.2, 0.25) is 0 Å². The summed E-state index contributed by atoms with van der Waals surface area (Å²) in [4.78, 5) is 48.6. The topological polar surface area (TPSA) is 155 Å². The van der Waals surface area contributed by atoms with Gasteiger partial charge in [0, 0.05) is 19.3 Å². The molecule has 0 radical (unpaired) electrons. The van der Waals surface area contributed by atoms with E-state index in [1.165, 1.54) is 6.42 Å². The first-order chi connectivity index (χ1) is 37.2. The maximum atomic E-state index is 12.9. The zero-order valence-electron chi connectivity index (χ0n) is 47.4. The summed E-state index contributed by atoms with van der Waals surface area (Å²) >= 11 is 0. The molecular formula is C64H103O11P. The van der Waals surface area contributed by atoms with Crippen LogP contribution < -0.4 is 0 Å². The van der Waals surface area contributed by atoms with E-state index in [0.29, 0.717) is 25.7 Å². The van der Waals surface area contributed by atoms with Crippen LogP contribution in [0.1, 0.15) is 213 Å². The molecule has 76 heavy (non-hydrogen) atoms. The Balaban J connectivity index is 4.83. The van der Waals surface area contributed by atoms with Gasteiger partial charge in [-0.3, -0.25) is 23.4 Å². The van der Waals surface area contributed by atoms with Gasteiger partial charge in [0.15, 0.2) is 6.10 Å². The van der Waals surface area contributed by atoms with Crippen LogP contribution in [0.4, 0.5) is 0 Å². The van der Waals surface area contributed by atoms with E-state index in [4.69, 9.17) is 23.3 Å². The fourth-order valence-electron chi connectivity index (χ4n) is 7.24. The van der Waals surface area contributed by atoms with Crippen LogP contribution in [0.3, 0.4) is 0 Å². The van der Waals surface area contributed by atoms with Crippen molar-refractivity contribution in [2.75, 3.05) is 26.4 Å². The van der Waals surface area contributed by atoms with Crippen molar-refractivity contribution in [1.29, 1.82) is 0 Å². The highest BCUT2D eigenvalue weighted by Crippen LogP contribution is 2.43. The number of phosphoric ester groups is 1. The van der Waals surface area contributed by atoms with Crippen LogP contribution in [0.2, 0.25) is 0 Å². The van der Waals surface area contributed by atoms with E-state index in [0.717, 1.165) is 141 Å². The van der Waals surface area contributed by atoms with Gasteiger partial charge in [-0.05, 0) is 122 Å². The third-order valence-electron chi connectivity index (χ3n) is 11.6. The quantitative estimate of drug-likeness (QED) is 0.0197. The zero-order valence-corrected chi connectivity index (χ0v) is 48.3. The summed E-state index contributed by atoms with van der Waals surface area (Å²) in [6.45, 7) is 4.20. The lowest BCUT2D eigenvalue weighted by molar-refractivity contribution is -0.161. The molecule has 0 aliphatic rings. The zero-order chi connectivity index (χ0) is 55.5. The summed E-state index contributed by atoms with van der Waals surface area (Å²) in [5.74, 6) is -1.58. The molecule has 12 heteroatoms. The second-order valence-corrected chi connectivity index (χ2v) is 20.1. The van der Waals surface area contributed by atoms with E-state index in [1.54, 1.807) is 0 Å². The van der Waals surface area contributed by atoms with Gasteiger partial charge < -0.3 is 24.2 Å². The molecule has 3 unspecified atom stereocenters. The second-order valence-electron chi connectivity index (χ2n) is 18.7. The van der Waals surface area contributed by atoms with E-state index in [9.17, 15) is 28.9 Å². The molecule has 0 aromatic rings. The molecule has 0 saturated carbocycles. The number of phosphoric acid groups is 1. The molecule has 430 valence electrons. The molecular weight excluding hydrogens is 976 g/mol. The van der Waals surface area contributed by atoms with E-state index >= 15 is 0 Å². The van der Waals surface area contributed by atoms with Gasteiger partial charge >= 0.3 is 25.7 Å². The lowest BCUT2D eigenvalue weighted by atomic mass is 10.1. The van der Waals surface area contributed by atoms with E-state index in [2.05, 4.69) is 142 Å². The molecule has 0 saturated heterocycles. The average Bonchev–Trinajstić information content (AvgIpc) is 3.41. The number of unbranched alkanes of at least 4 members (excludes halogenated alkanes) is 13. The van der Waals surface area contributed by atoms with E-state index in [1.807, 2.05) is 12.2 Å².